The number of ether oxygens (including phenoxy) is 1. The quantitative estimate of drug-likeness (QED) is 0.444. The molecular weight excluding hydrogens is 439 g/mol. The van der Waals surface area contributed by atoms with E-state index in [9.17, 15) is 4.79 Å². The number of hydrogen-bond donors (Lipinski definition) is 1. The van der Waals surface area contributed by atoms with Crippen LogP contribution in [0.3, 0.4) is 0 Å². The second-order valence-corrected chi connectivity index (χ2v) is 7.51. The molecule has 0 saturated carbocycles. The summed E-state index contributed by atoms with van der Waals surface area (Å²) < 4.78 is 8.81. The normalized spacial score (nSPS) is 10.8. The number of aromatic nitrogens is 5. The Morgan fingerprint density at radius 2 is 1.81 bits per heavy atom. The first-order valence-electron chi connectivity index (χ1n) is 9.35. The molecule has 1 amide bonds. The molecule has 0 spiro atoms. The van der Waals surface area contributed by atoms with Gasteiger partial charge in [0.1, 0.15) is 12.1 Å². The van der Waals surface area contributed by atoms with E-state index in [0.717, 1.165) is 16.9 Å². The standard InChI is InChI=1S/C21H18Cl2N6O2/c1-14-5-2-3-8-19(14)31-13-28-10-9-18(26-28)20(30)25-21-24-12-29(27-21)11-15-16(22)6-4-7-17(15)23/h2-10,12H,11,13H2,1H3,(H,25,27,30). The molecule has 0 bridgehead atoms. The number of halogens is 2. The van der Waals surface area contributed by atoms with E-state index in [1.54, 1.807) is 30.5 Å². The molecule has 0 radical (unpaired) electrons. The van der Waals surface area contributed by atoms with Gasteiger partial charge in [-0.2, -0.15) is 5.10 Å². The first kappa shape index (κ1) is 20.9. The van der Waals surface area contributed by atoms with Crippen molar-refractivity contribution in [1.82, 2.24) is 24.5 Å². The fraction of sp³-hybridized carbons (Fsp3) is 0.143. The lowest BCUT2D eigenvalue weighted by molar-refractivity contribution is 0.101. The lowest BCUT2D eigenvalue weighted by Crippen LogP contribution is -2.15. The predicted octanol–water partition coefficient (Wildman–Crippen LogP) is 4.43. The van der Waals surface area contributed by atoms with Crippen LogP contribution in [0.25, 0.3) is 0 Å². The topological polar surface area (TPSA) is 86.9 Å². The largest absolute Gasteiger partial charge is 0.471 e. The van der Waals surface area contributed by atoms with Gasteiger partial charge in [-0.25, -0.2) is 14.3 Å². The van der Waals surface area contributed by atoms with E-state index in [2.05, 4.69) is 20.5 Å². The number of rotatable bonds is 7. The maximum atomic E-state index is 12.5. The highest BCUT2D eigenvalue weighted by Gasteiger charge is 2.14. The average Bonchev–Trinajstić information content (AvgIpc) is 3.40. The Hall–Kier alpha value is -3.36. The van der Waals surface area contributed by atoms with E-state index < -0.39 is 5.91 Å². The van der Waals surface area contributed by atoms with Gasteiger partial charge in [-0.1, -0.05) is 47.5 Å². The molecule has 0 saturated heterocycles. The number of hydrogen-bond acceptors (Lipinski definition) is 5. The van der Waals surface area contributed by atoms with Crippen molar-refractivity contribution in [3.63, 3.8) is 0 Å². The van der Waals surface area contributed by atoms with Crippen LogP contribution in [0.5, 0.6) is 5.75 Å². The molecule has 4 rings (SSSR count). The number of para-hydroxylation sites is 1. The molecule has 31 heavy (non-hydrogen) atoms. The number of benzene rings is 2. The van der Waals surface area contributed by atoms with Crippen molar-refractivity contribution >= 4 is 35.1 Å². The summed E-state index contributed by atoms with van der Waals surface area (Å²) in [5.74, 6) is 0.486. The number of anilines is 1. The molecule has 4 aromatic rings. The van der Waals surface area contributed by atoms with E-state index in [1.807, 2.05) is 31.2 Å². The second kappa shape index (κ2) is 9.20. The monoisotopic (exact) mass is 456 g/mol. The maximum Gasteiger partial charge on any atom is 0.278 e. The SMILES string of the molecule is Cc1ccccc1OCn1ccc(C(=O)Nc2ncn(Cc3c(Cl)cccc3Cl)n2)n1. The summed E-state index contributed by atoms with van der Waals surface area (Å²) in [4.78, 5) is 16.6. The maximum absolute atomic E-state index is 12.5. The number of carbonyl (C=O) groups is 1. The number of carbonyl (C=O) groups excluding carboxylic acids is 1. The molecule has 2 aromatic heterocycles. The molecule has 2 aromatic carbocycles. The van der Waals surface area contributed by atoms with E-state index >= 15 is 0 Å². The molecule has 0 aliphatic carbocycles. The molecule has 0 atom stereocenters. The van der Waals surface area contributed by atoms with E-state index in [-0.39, 0.29) is 18.4 Å². The first-order valence-corrected chi connectivity index (χ1v) is 10.1. The Morgan fingerprint density at radius 1 is 1.03 bits per heavy atom. The van der Waals surface area contributed by atoms with Crippen LogP contribution in [0.1, 0.15) is 21.6 Å². The molecule has 8 nitrogen and oxygen atoms in total. The van der Waals surface area contributed by atoms with Crippen LogP contribution in [0.4, 0.5) is 5.95 Å². The number of amides is 1. The Bertz CT molecular complexity index is 1200. The molecule has 0 aliphatic heterocycles. The van der Waals surface area contributed by atoms with Crippen molar-refractivity contribution in [3.05, 3.63) is 87.9 Å². The third kappa shape index (κ3) is 5.04. The smallest absolute Gasteiger partial charge is 0.278 e. The molecule has 2 heterocycles. The van der Waals surface area contributed by atoms with Crippen molar-refractivity contribution in [1.29, 1.82) is 0 Å². The minimum absolute atomic E-state index is 0.152. The van der Waals surface area contributed by atoms with Crippen LogP contribution < -0.4 is 10.1 Å². The van der Waals surface area contributed by atoms with E-state index in [0.29, 0.717) is 16.6 Å². The fourth-order valence-electron chi connectivity index (χ4n) is 2.85. The van der Waals surface area contributed by atoms with Crippen molar-refractivity contribution in [2.24, 2.45) is 0 Å². The lowest BCUT2D eigenvalue weighted by Gasteiger charge is -2.08. The van der Waals surface area contributed by atoms with Crippen LogP contribution in [0, 0.1) is 6.92 Å². The molecule has 158 valence electrons. The van der Waals surface area contributed by atoms with E-state index in [1.165, 1.54) is 15.7 Å². The van der Waals surface area contributed by atoms with Gasteiger partial charge in [0.15, 0.2) is 12.4 Å². The molecule has 10 heteroatoms. The summed E-state index contributed by atoms with van der Waals surface area (Å²) in [5, 5.41) is 12.2. The molecule has 0 fully saturated rings. The van der Waals surface area contributed by atoms with Gasteiger partial charge in [-0.3, -0.25) is 10.1 Å². The first-order chi connectivity index (χ1) is 15.0. The minimum Gasteiger partial charge on any atom is -0.471 e. The molecule has 0 aliphatic rings. The minimum atomic E-state index is -0.428. The highest BCUT2D eigenvalue weighted by Crippen LogP contribution is 2.25. The van der Waals surface area contributed by atoms with Gasteiger partial charge in [-0.05, 0) is 36.8 Å². The van der Waals surface area contributed by atoms with Crippen LogP contribution >= 0.6 is 23.2 Å². The van der Waals surface area contributed by atoms with Crippen LogP contribution in [0.2, 0.25) is 10.0 Å². The summed E-state index contributed by atoms with van der Waals surface area (Å²) in [7, 11) is 0. The Morgan fingerprint density at radius 3 is 2.58 bits per heavy atom. The summed E-state index contributed by atoms with van der Waals surface area (Å²) in [6.45, 7) is 2.47. The third-order valence-electron chi connectivity index (χ3n) is 4.46. The Kier molecular flexibility index (Phi) is 6.20. The highest BCUT2D eigenvalue weighted by molar-refractivity contribution is 6.35. The summed E-state index contributed by atoms with van der Waals surface area (Å²) in [6.07, 6.45) is 3.16. The number of nitrogens with one attached hydrogen (secondary N) is 1. The Balaban J connectivity index is 1.36. The van der Waals surface area contributed by atoms with Gasteiger partial charge in [0.05, 0.1) is 6.54 Å². The second-order valence-electron chi connectivity index (χ2n) is 6.70. The molecule has 1 N–H and O–H groups in total. The van der Waals surface area contributed by atoms with Gasteiger partial charge >= 0.3 is 0 Å². The molecular formula is C21H18Cl2N6O2. The number of nitrogens with zero attached hydrogens (tertiary/aromatic N) is 5. The molecule has 0 unspecified atom stereocenters. The summed E-state index contributed by atoms with van der Waals surface area (Å²) in [6, 6.07) is 14.5. The van der Waals surface area contributed by atoms with Crippen LogP contribution in [0.15, 0.2) is 61.1 Å². The van der Waals surface area contributed by atoms with Gasteiger partial charge in [0.2, 0.25) is 5.95 Å². The van der Waals surface area contributed by atoms with Crippen molar-refractivity contribution in [3.8, 4) is 5.75 Å². The van der Waals surface area contributed by atoms with Crippen LogP contribution in [-0.4, -0.2) is 30.5 Å². The third-order valence-corrected chi connectivity index (χ3v) is 5.17. The van der Waals surface area contributed by atoms with Gasteiger partial charge in [0.25, 0.3) is 5.91 Å². The van der Waals surface area contributed by atoms with Gasteiger partial charge < -0.3 is 4.74 Å². The zero-order chi connectivity index (χ0) is 21.8. The van der Waals surface area contributed by atoms with Crippen molar-refractivity contribution in [2.75, 3.05) is 5.32 Å². The highest BCUT2D eigenvalue weighted by atomic mass is 35.5. The van der Waals surface area contributed by atoms with Gasteiger partial charge in [0, 0.05) is 21.8 Å². The summed E-state index contributed by atoms with van der Waals surface area (Å²) >= 11 is 12.4. The fourth-order valence-corrected chi connectivity index (χ4v) is 3.36. The zero-order valence-electron chi connectivity index (χ0n) is 16.5. The van der Waals surface area contributed by atoms with Crippen molar-refractivity contribution < 1.29 is 9.53 Å². The van der Waals surface area contributed by atoms with Crippen LogP contribution in [-0.2, 0) is 13.3 Å². The van der Waals surface area contributed by atoms with Crippen molar-refractivity contribution in [2.45, 2.75) is 20.2 Å². The number of aryl methyl sites for hydroxylation is 1. The van der Waals surface area contributed by atoms with E-state index in [4.69, 9.17) is 27.9 Å². The predicted molar refractivity (Wildman–Crippen MR) is 118 cm³/mol. The lowest BCUT2D eigenvalue weighted by atomic mass is 10.2. The summed E-state index contributed by atoms with van der Waals surface area (Å²) in [5.41, 5.74) is 1.97. The Labute approximate surface area is 188 Å². The van der Waals surface area contributed by atoms with Gasteiger partial charge in [-0.15, -0.1) is 5.10 Å². The average molecular weight is 457 g/mol. The zero-order valence-corrected chi connectivity index (χ0v) is 18.0.